The van der Waals surface area contributed by atoms with Crippen LogP contribution in [0.3, 0.4) is 0 Å². The summed E-state index contributed by atoms with van der Waals surface area (Å²) in [6.45, 7) is 9.98. The van der Waals surface area contributed by atoms with Crippen LogP contribution in [0.1, 0.15) is 39.2 Å². The van der Waals surface area contributed by atoms with E-state index in [0.29, 0.717) is 36.0 Å². The molecular weight excluding hydrogens is 512 g/mol. The first kappa shape index (κ1) is 27.0. The van der Waals surface area contributed by atoms with Crippen LogP contribution in [0, 0.1) is 12.3 Å². The molecule has 0 aliphatic carbocycles. The molecule has 12 heteroatoms. The molecule has 1 amide bonds. The number of aryl methyl sites for hydroxylation is 1. The normalized spacial score (nSPS) is 15.7. The summed E-state index contributed by atoms with van der Waals surface area (Å²) in [5.74, 6) is 1.32. The van der Waals surface area contributed by atoms with Gasteiger partial charge in [-0.3, -0.25) is 4.98 Å². The minimum Gasteiger partial charge on any atom is -0.465 e. The standard InChI is InChI=1S/C28H34N8O4/c1-17-13-30-25(34-24(17)31-18-7-9-22-21(12-18)33-26(37)40-22)32-19-8-10-23(29-14-19)35-11-5-6-20(15-35)36(27(38)39)16-28(2,3)4/h7-10,12-14,20H,5-6,11,15-16H2,1-4H3,(H,33,37)(H,38,39)(H2,30,31,32,34)/t20-/m1/s1. The first-order chi connectivity index (χ1) is 19.0. The van der Waals surface area contributed by atoms with E-state index in [1.807, 2.05) is 19.1 Å². The molecule has 0 spiro atoms. The highest BCUT2D eigenvalue weighted by atomic mass is 16.4. The van der Waals surface area contributed by atoms with Crippen LogP contribution in [0.4, 0.5) is 33.8 Å². The zero-order valence-corrected chi connectivity index (χ0v) is 23.1. The Kier molecular flexibility index (Phi) is 7.33. The van der Waals surface area contributed by atoms with Crippen molar-refractivity contribution in [3.63, 3.8) is 0 Å². The molecule has 4 heterocycles. The Balaban J connectivity index is 1.26. The number of hydrogen-bond acceptors (Lipinski definition) is 9. The molecule has 0 radical (unpaired) electrons. The van der Waals surface area contributed by atoms with Crippen LogP contribution < -0.4 is 21.3 Å². The van der Waals surface area contributed by atoms with Crippen molar-refractivity contribution in [1.82, 2.24) is 24.8 Å². The summed E-state index contributed by atoms with van der Waals surface area (Å²) in [5, 5.41) is 16.3. The summed E-state index contributed by atoms with van der Waals surface area (Å²) in [6.07, 6.45) is 4.31. The average Bonchev–Trinajstić information content (AvgIpc) is 3.28. The number of nitrogens with one attached hydrogen (secondary N) is 3. The monoisotopic (exact) mass is 546 g/mol. The first-order valence-corrected chi connectivity index (χ1v) is 13.3. The summed E-state index contributed by atoms with van der Waals surface area (Å²) < 4.78 is 5.06. The molecule has 0 saturated carbocycles. The summed E-state index contributed by atoms with van der Waals surface area (Å²) >= 11 is 0. The summed E-state index contributed by atoms with van der Waals surface area (Å²) in [7, 11) is 0. The van der Waals surface area contributed by atoms with Gasteiger partial charge in [0.2, 0.25) is 5.95 Å². The molecule has 1 saturated heterocycles. The molecule has 1 aliphatic rings. The van der Waals surface area contributed by atoms with E-state index in [1.54, 1.807) is 35.5 Å². The summed E-state index contributed by atoms with van der Waals surface area (Å²) in [5.41, 5.74) is 3.28. The fourth-order valence-electron chi connectivity index (χ4n) is 4.85. The van der Waals surface area contributed by atoms with Gasteiger partial charge in [0.1, 0.15) is 11.6 Å². The second-order valence-electron chi connectivity index (χ2n) is 11.3. The molecule has 12 nitrogen and oxygen atoms in total. The number of piperidine rings is 1. The van der Waals surface area contributed by atoms with Gasteiger partial charge >= 0.3 is 11.8 Å². The minimum atomic E-state index is -0.877. The Morgan fingerprint density at radius 2 is 1.98 bits per heavy atom. The Bertz CT molecular complexity index is 1560. The van der Waals surface area contributed by atoms with Gasteiger partial charge in [0.25, 0.3) is 0 Å². The van der Waals surface area contributed by atoms with E-state index in [2.05, 4.69) is 56.2 Å². The van der Waals surface area contributed by atoms with E-state index in [1.165, 1.54) is 0 Å². The predicted octanol–water partition coefficient (Wildman–Crippen LogP) is 5.10. The fraction of sp³-hybridized carbons (Fsp3) is 0.393. The molecule has 4 N–H and O–H groups in total. The van der Waals surface area contributed by atoms with Crippen molar-refractivity contribution in [3.05, 3.63) is 58.8 Å². The van der Waals surface area contributed by atoms with Gasteiger partial charge in [0.15, 0.2) is 5.58 Å². The first-order valence-electron chi connectivity index (χ1n) is 13.3. The molecule has 210 valence electrons. The summed E-state index contributed by atoms with van der Waals surface area (Å²) in [6, 6.07) is 9.06. The molecule has 5 rings (SSSR count). The number of amides is 1. The molecule has 1 aromatic carbocycles. The van der Waals surface area contributed by atoms with E-state index in [0.717, 1.165) is 42.1 Å². The highest BCUT2D eigenvalue weighted by Crippen LogP contribution is 2.27. The van der Waals surface area contributed by atoms with Gasteiger partial charge in [-0.2, -0.15) is 4.98 Å². The number of oxazole rings is 1. The Hall–Kier alpha value is -4.61. The maximum atomic E-state index is 12.0. The second kappa shape index (κ2) is 10.9. The van der Waals surface area contributed by atoms with Crippen LogP contribution in [0.15, 0.2) is 51.9 Å². The molecule has 40 heavy (non-hydrogen) atoms. The maximum absolute atomic E-state index is 12.0. The highest BCUT2D eigenvalue weighted by Gasteiger charge is 2.31. The quantitative estimate of drug-likeness (QED) is 0.246. The van der Waals surface area contributed by atoms with Gasteiger partial charge < -0.3 is 30.0 Å². The smallest absolute Gasteiger partial charge is 0.417 e. The van der Waals surface area contributed by atoms with Gasteiger partial charge in [0, 0.05) is 37.1 Å². The lowest BCUT2D eigenvalue weighted by Crippen LogP contribution is -2.52. The number of aromatic nitrogens is 4. The lowest BCUT2D eigenvalue weighted by atomic mass is 9.94. The SMILES string of the molecule is Cc1cnc(Nc2ccc(N3CCC[C@@H](N(CC(C)(C)C)C(=O)O)C3)nc2)nc1Nc1ccc2oc(=O)[nH]c2c1. The minimum absolute atomic E-state index is 0.0774. The van der Waals surface area contributed by atoms with Gasteiger partial charge in [-0.15, -0.1) is 0 Å². The van der Waals surface area contributed by atoms with Crippen LogP contribution in [-0.4, -0.2) is 61.7 Å². The van der Waals surface area contributed by atoms with Crippen molar-refractivity contribution in [1.29, 1.82) is 0 Å². The number of H-pyrrole nitrogens is 1. The number of anilines is 5. The van der Waals surface area contributed by atoms with Gasteiger partial charge in [-0.1, -0.05) is 20.8 Å². The zero-order chi connectivity index (χ0) is 28.4. The van der Waals surface area contributed by atoms with Crippen molar-refractivity contribution in [2.75, 3.05) is 35.2 Å². The van der Waals surface area contributed by atoms with Gasteiger partial charge in [-0.25, -0.2) is 19.6 Å². The van der Waals surface area contributed by atoms with Crippen molar-refractivity contribution in [2.45, 2.75) is 46.6 Å². The number of benzene rings is 1. The molecule has 0 bridgehead atoms. The number of nitrogens with zero attached hydrogens (tertiary/aromatic N) is 5. The van der Waals surface area contributed by atoms with Gasteiger partial charge in [-0.05, 0) is 55.5 Å². The third-order valence-corrected chi connectivity index (χ3v) is 6.71. The Morgan fingerprint density at radius 1 is 1.18 bits per heavy atom. The molecule has 0 unspecified atom stereocenters. The van der Waals surface area contributed by atoms with Crippen molar-refractivity contribution in [3.8, 4) is 0 Å². The van der Waals surface area contributed by atoms with E-state index in [-0.39, 0.29) is 11.5 Å². The second-order valence-corrected chi connectivity index (χ2v) is 11.3. The lowest BCUT2D eigenvalue weighted by molar-refractivity contribution is 0.0962. The Labute approximate surface area is 231 Å². The molecular formula is C28H34N8O4. The average molecular weight is 547 g/mol. The fourth-order valence-corrected chi connectivity index (χ4v) is 4.85. The highest BCUT2D eigenvalue weighted by molar-refractivity contribution is 5.78. The number of carbonyl (C=O) groups is 1. The summed E-state index contributed by atoms with van der Waals surface area (Å²) in [4.78, 5) is 43.4. The number of fused-ring (bicyclic) bond motifs is 1. The number of pyridine rings is 1. The maximum Gasteiger partial charge on any atom is 0.417 e. The van der Waals surface area contributed by atoms with Crippen LogP contribution in [0.5, 0.6) is 0 Å². The Morgan fingerprint density at radius 3 is 2.70 bits per heavy atom. The molecule has 3 aromatic heterocycles. The largest absolute Gasteiger partial charge is 0.465 e. The number of carboxylic acid groups (broad SMARTS) is 1. The molecule has 1 aliphatic heterocycles. The van der Waals surface area contributed by atoms with Crippen LogP contribution in [0.25, 0.3) is 11.1 Å². The van der Waals surface area contributed by atoms with Crippen LogP contribution in [-0.2, 0) is 0 Å². The van der Waals surface area contributed by atoms with Crippen molar-refractivity contribution >= 4 is 46.2 Å². The molecule has 1 atom stereocenters. The van der Waals surface area contributed by atoms with E-state index < -0.39 is 11.8 Å². The zero-order valence-electron chi connectivity index (χ0n) is 23.1. The topological polar surface area (TPSA) is 153 Å². The number of hydrogen-bond donors (Lipinski definition) is 4. The van der Waals surface area contributed by atoms with Crippen molar-refractivity contribution < 1.29 is 14.3 Å². The lowest BCUT2D eigenvalue weighted by Gasteiger charge is -2.40. The van der Waals surface area contributed by atoms with E-state index in [4.69, 9.17) is 4.42 Å². The predicted molar refractivity (Wildman–Crippen MR) is 154 cm³/mol. The van der Waals surface area contributed by atoms with Crippen LogP contribution >= 0.6 is 0 Å². The third-order valence-electron chi connectivity index (χ3n) is 6.71. The molecule has 4 aromatic rings. The van der Waals surface area contributed by atoms with Crippen molar-refractivity contribution in [2.24, 2.45) is 5.41 Å². The van der Waals surface area contributed by atoms with Crippen LogP contribution in [0.2, 0.25) is 0 Å². The molecule has 1 fully saturated rings. The number of aromatic amines is 1. The van der Waals surface area contributed by atoms with Gasteiger partial charge in [0.05, 0.1) is 23.4 Å². The van der Waals surface area contributed by atoms with E-state index >= 15 is 0 Å². The van der Waals surface area contributed by atoms with E-state index in [9.17, 15) is 14.7 Å². The third kappa shape index (κ3) is 6.33. The number of rotatable bonds is 7.